The number of carboxylic acid groups (broad SMARTS) is 3. The highest BCUT2D eigenvalue weighted by atomic mass is 16.4. The third-order valence-corrected chi connectivity index (χ3v) is 14.5. The first-order valence-electron chi connectivity index (χ1n) is 28.6. The second-order valence-corrected chi connectivity index (χ2v) is 21.8. The van der Waals surface area contributed by atoms with Crippen LogP contribution in [0.5, 0.6) is 5.75 Å². The lowest BCUT2D eigenvalue weighted by Crippen LogP contribution is -2.63. The Balaban J connectivity index is 1.87. The number of primary amides is 1. The zero-order valence-electron chi connectivity index (χ0n) is 49.3. The molecular weight excluding hydrogens is 1140 g/mol. The van der Waals surface area contributed by atoms with Gasteiger partial charge in [0.25, 0.3) is 0 Å². The number of aliphatic hydroxyl groups is 1. The second-order valence-electron chi connectivity index (χ2n) is 21.8. The number of rotatable bonds is 37. The highest BCUT2D eigenvalue weighted by Crippen LogP contribution is 2.23. The van der Waals surface area contributed by atoms with Crippen LogP contribution in [0, 0.1) is 11.8 Å². The molecule has 10 amide bonds. The van der Waals surface area contributed by atoms with Crippen molar-refractivity contribution >= 4 is 77.0 Å². The Morgan fingerprint density at radius 2 is 1.09 bits per heavy atom. The summed E-state index contributed by atoms with van der Waals surface area (Å²) in [6.45, 7) is 7.90. The first kappa shape index (κ1) is 72.5. The lowest BCUT2D eigenvalue weighted by atomic mass is 9.96. The summed E-state index contributed by atoms with van der Waals surface area (Å²) in [5.41, 5.74) is 17.7. The van der Waals surface area contributed by atoms with Crippen LogP contribution in [0.15, 0.2) is 54.6 Å². The third kappa shape index (κ3) is 23.9. The van der Waals surface area contributed by atoms with Crippen molar-refractivity contribution in [3.63, 3.8) is 0 Å². The molecular formula is C57H84N12O18. The van der Waals surface area contributed by atoms with Gasteiger partial charge in [0.05, 0.1) is 25.0 Å². The number of nitrogens with two attached hydrogens (primary N) is 3. The highest BCUT2D eigenvalue weighted by Gasteiger charge is 2.43. The van der Waals surface area contributed by atoms with Gasteiger partial charge >= 0.3 is 17.9 Å². The monoisotopic (exact) mass is 1220 g/mol. The maximum atomic E-state index is 14.6. The summed E-state index contributed by atoms with van der Waals surface area (Å²) in [5.74, 6) is -15.8. The number of carboxylic acids is 3. The first-order chi connectivity index (χ1) is 41.0. The molecule has 87 heavy (non-hydrogen) atoms. The van der Waals surface area contributed by atoms with Gasteiger partial charge in [0, 0.05) is 25.8 Å². The molecule has 1 aliphatic heterocycles. The quantitative estimate of drug-likeness (QED) is 0.0298. The zero-order chi connectivity index (χ0) is 65.2. The Morgan fingerprint density at radius 3 is 1.61 bits per heavy atom. The molecule has 1 fully saturated rings. The van der Waals surface area contributed by atoms with Crippen LogP contribution < -0.4 is 59.7 Å². The summed E-state index contributed by atoms with van der Waals surface area (Å²) in [4.78, 5) is 174. The number of nitrogens with zero attached hydrogens (tertiary/aromatic N) is 1. The summed E-state index contributed by atoms with van der Waals surface area (Å²) in [7, 11) is 0. The van der Waals surface area contributed by atoms with E-state index in [-0.39, 0.29) is 63.8 Å². The zero-order valence-corrected chi connectivity index (χ0v) is 49.3. The number of phenolic OH excluding ortho intramolecular Hbond substituents is 1. The number of carbonyl (C=O) groups is 13. The number of aromatic hydroxyl groups is 1. The Morgan fingerprint density at radius 1 is 0.586 bits per heavy atom. The highest BCUT2D eigenvalue weighted by molar-refractivity contribution is 6.00. The molecule has 0 saturated carbocycles. The Hall–Kier alpha value is -8.77. The van der Waals surface area contributed by atoms with Gasteiger partial charge in [0.2, 0.25) is 59.1 Å². The Kier molecular flexibility index (Phi) is 29.7. The van der Waals surface area contributed by atoms with E-state index in [4.69, 9.17) is 22.3 Å². The molecule has 0 aromatic heterocycles. The summed E-state index contributed by atoms with van der Waals surface area (Å²) in [6.07, 6.45) is -3.42. The van der Waals surface area contributed by atoms with Gasteiger partial charge in [-0.3, -0.25) is 57.5 Å². The molecule has 480 valence electrons. The maximum absolute atomic E-state index is 14.6. The first-order valence-corrected chi connectivity index (χ1v) is 28.6. The molecule has 0 aliphatic carbocycles. The lowest BCUT2D eigenvalue weighted by Gasteiger charge is -2.33. The van der Waals surface area contributed by atoms with Gasteiger partial charge in [-0.2, -0.15) is 0 Å². The van der Waals surface area contributed by atoms with Crippen molar-refractivity contribution < 1.29 is 87.9 Å². The van der Waals surface area contributed by atoms with Gasteiger partial charge in [-0.15, -0.1) is 0 Å². The summed E-state index contributed by atoms with van der Waals surface area (Å²) < 4.78 is 0. The number of benzene rings is 2. The van der Waals surface area contributed by atoms with E-state index in [0.29, 0.717) is 24.0 Å². The number of hydrogen-bond donors (Lipinski definition) is 16. The molecule has 19 N–H and O–H groups in total. The van der Waals surface area contributed by atoms with Crippen molar-refractivity contribution in [3.05, 3.63) is 65.7 Å². The SMILES string of the molecule is CC[C@H](C)[C@H](NC(=O)[C@H](Cc1ccc(O)cc1)NC(=O)[C@@H](N)CCC(=O)O)C(=O)N1CCC[C@H]1C(=O)N[C@H](C(=O)N[C@H](C(=O)N[C@@H](Cc1ccccc1)C(=O)N[C@@H](CC(=O)O)C(=O)N[C@@H](CC(N)=O)C(=O)N[C@@H](CCCCN)C(=O)O)C(C)C)[C@@H](C)O. The fourth-order valence-electron chi connectivity index (χ4n) is 9.30. The van der Waals surface area contributed by atoms with E-state index >= 15 is 0 Å². The predicted octanol–water partition coefficient (Wildman–Crippen LogP) is -3.11. The number of unbranched alkanes of at least 4 members (excludes halogenated alkanes) is 1. The molecule has 0 unspecified atom stereocenters. The van der Waals surface area contributed by atoms with E-state index in [0.717, 1.165) is 0 Å². The van der Waals surface area contributed by atoms with Gasteiger partial charge < -0.3 is 90.2 Å². The number of aliphatic hydroxyl groups excluding tert-OH is 1. The molecule has 2 aromatic carbocycles. The van der Waals surface area contributed by atoms with Crippen molar-refractivity contribution in [1.82, 2.24) is 47.4 Å². The van der Waals surface area contributed by atoms with Gasteiger partial charge in [0.15, 0.2) is 0 Å². The van der Waals surface area contributed by atoms with Crippen molar-refractivity contribution in [1.29, 1.82) is 0 Å². The molecule has 12 atom stereocenters. The van der Waals surface area contributed by atoms with E-state index in [1.807, 2.05) is 0 Å². The number of likely N-dealkylation sites (tertiary alicyclic amines) is 1. The van der Waals surface area contributed by atoms with Crippen LogP contribution in [0.25, 0.3) is 0 Å². The van der Waals surface area contributed by atoms with E-state index in [1.165, 1.54) is 49.9 Å². The Labute approximate surface area is 502 Å². The standard InChI is InChI=1S/C57H84N12O18/c1-6-30(4)46(67-52(81)38(26-33-17-19-34(71)20-18-33)62-48(77)35(59)21-22-43(73)74)56(85)69-24-12-16-41(69)53(82)68-47(31(5)70)55(84)66-45(29(2)3)54(83)65-37(25-32-13-8-7-9-14-32)49(78)64-40(28-44(75)76)51(80)63-39(27-42(60)72)50(79)61-36(57(86)87)15-10-11-23-58/h7-9,13-14,17-20,29-31,35-41,45-47,70-71H,6,10-12,15-16,21-28,58-59H2,1-5H3,(H2,60,72)(H,61,79)(H,62,77)(H,63,80)(H,64,78)(H,65,83)(H,66,84)(H,67,81)(H,68,82)(H,73,74)(H,75,76)(H,86,87)/t30-,31+,35-,36-,37-,38-,39-,40-,41-,45-,46-,47-/m0/s1. The molecule has 2 aromatic rings. The number of carbonyl (C=O) groups excluding carboxylic acids is 10. The molecule has 30 nitrogen and oxygen atoms in total. The van der Waals surface area contributed by atoms with Crippen LogP contribution in [0.1, 0.15) is 110 Å². The average molecular weight is 1230 g/mol. The van der Waals surface area contributed by atoms with Crippen LogP contribution in [-0.4, -0.2) is 187 Å². The van der Waals surface area contributed by atoms with Crippen LogP contribution in [0.3, 0.4) is 0 Å². The fraction of sp³-hybridized carbons (Fsp3) is 0.561. The minimum Gasteiger partial charge on any atom is -0.508 e. The maximum Gasteiger partial charge on any atom is 0.326 e. The number of nitrogens with one attached hydrogen (secondary N) is 8. The number of hydrogen-bond acceptors (Lipinski definition) is 17. The smallest absolute Gasteiger partial charge is 0.326 e. The number of aliphatic carboxylic acids is 3. The average Bonchev–Trinajstić information content (AvgIpc) is 4.12. The second kappa shape index (κ2) is 35.6. The molecule has 0 spiro atoms. The van der Waals surface area contributed by atoms with Crippen molar-refractivity contribution in [2.24, 2.45) is 29.0 Å². The van der Waals surface area contributed by atoms with Crippen molar-refractivity contribution in [2.75, 3.05) is 13.1 Å². The normalized spacial score (nSPS) is 16.7. The fourth-order valence-corrected chi connectivity index (χ4v) is 9.30. The van der Waals surface area contributed by atoms with Gasteiger partial charge in [-0.1, -0.05) is 76.6 Å². The van der Waals surface area contributed by atoms with Gasteiger partial charge in [-0.05, 0) is 87.1 Å². The third-order valence-electron chi connectivity index (χ3n) is 14.5. The van der Waals surface area contributed by atoms with Crippen LogP contribution in [0.2, 0.25) is 0 Å². The minimum absolute atomic E-state index is 0.0185. The van der Waals surface area contributed by atoms with Gasteiger partial charge in [-0.25, -0.2) is 4.79 Å². The number of phenols is 1. The molecule has 1 saturated heterocycles. The van der Waals surface area contributed by atoms with Gasteiger partial charge in [0.1, 0.15) is 60.1 Å². The molecule has 1 aliphatic rings. The van der Waals surface area contributed by atoms with Crippen LogP contribution in [0.4, 0.5) is 0 Å². The Bertz CT molecular complexity index is 2730. The largest absolute Gasteiger partial charge is 0.508 e. The summed E-state index contributed by atoms with van der Waals surface area (Å²) in [5, 5.41) is 68.9. The van der Waals surface area contributed by atoms with Crippen LogP contribution >= 0.6 is 0 Å². The summed E-state index contributed by atoms with van der Waals surface area (Å²) in [6, 6.07) is -1.67. The molecule has 1 heterocycles. The van der Waals surface area contributed by atoms with Crippen molar-refractivity contribution in [2.45, 2.75) is 178 Å². The van der Waals surface area contributed by atoms with Crippen LogP contribution in [-0.2, 0) is 75.2 Å². The topological polar surface area (TPSA) is 501 Å². The van der Waals surface area contributed by atoms with E-state index in [9.17, 15) is 82.8 Å². The minimum atomic E-state index is -1.99. The van der Waals surface area contributed by atoms with E-state index in [2.05, 4.69) is 42.5 Å². The summed E-state index contributed by atoms with van der Waals surface area (Å²) >= 11 is 0. The predicted molar refractivity (Wildman–Crippen MR) is 310 cm³/mol. The van der Waals surface area contributed by atoms with E-state index < -0.39 is 175 Å². The van der Waals surface area contributed by atoms with E-state index in [1.54, 1.807) is 44.2 Å². The molecule has 30 heteroatoms. The van der Waals surface area contributed by atoms with Crippen molar-refractivity contribution in [3.8, 4) is 5.75 Å². The molecule has 0 bridgehead atoms. The molecule has 3 rings (SSSR count). The molecule has 0 radical (unpaired) electrons. The number of amides is 10. The lowest BCUT2D eigenvalue weighted by molar-refractivity contribution is -0.144.